The van der Waals surface area contributed by atoms with Crippen molar-refractivity contribution in [1.29, 1.82) is 0 Å². The Morgan fingerprint density at radius 1 is 1.45 bits per heavy atom. The molecule has 0 aromatic rings. The van der Waals surface area contributed by atoms with Crippen molar-refractivity contribution in [3.63, 3.8) is 0 Å². The van der Waals surface area contributed by atoms with E-state index in [0.29, 0.717) is 0 Å². The minimum absolute atomic E-state index is 0.231. The minimum Gasteiger partial charge on any atom is -0.374 e. The molecule has 64 valence electrons. The molecule has 0 amide bonds. The second-order valence-corrected chi connectivity index (χ2v) is 4.44. The Morgan fingerprint density at radius 2 is 1.91 bits per heavy atom. The molecular weight excluding hydrogens is 162 g/mol. The third kappa shape index (κ3) is 1.74. The van der Waals surface area contributed by atoms with Gasteiger partial charge in [0.25, 0.3) is 0 Å². The molecule has 1 heterocycles. The number of hydrogen-bond donors (Lipinski definition) is 0. The van der Waals surface area contributed by atoms with Gasteiger partial charge in [0, 0.05) is 18.8 Å². The van der Waals surface area contributed by atoms with Crippen LogP contribution in [0.2, 0.25) is 0 Å². The van der Waals surface area contributed by atoms with Gasteiger partial charge in [0.2, 0.25) is 0 Å². The summed E-state index contributed by atoms with van der Waals surface area (Å²) in [5.41, 5.74) is 0.954. The Labute approximate surface area is 67.6 Å². The van der Waals surface area contributed by atoms with Crippen LogP contribution in [0.4, 0.5) is 0 Å². The van der Waals surface area contributed by atoms with Crippen LogP contribution < -0.4 is 0 Å². The van der Waals surface area contributed by atoms with Gasteiger partial charge in [-0.15, -0.1) is 0 Å². The van der Waals surface area contributed by atoms with Gasteiger partial charge in [-0.3, -0.25) is 0 Å². The van der Waals surface area contributed by atoms with Crippen molar-refractivity contribution < 1.29 is 8.42 Å². The summed E-state index contributed by atoms with van der Waals surface area (Å²) >= 11 is 0. The standard InChI is InChI=1S/C7H13NO2S/c1-3-8(4-2)7-5-11(9,10)6-7/h5H,3-4,6H2,1-2H3. The molecule has 0 saturated heterocycles. The average molecular weight is 175 g/mol. The van der Waals surface area contributed by atoms with E-state index in [0.717, 1.165) is 18.8 Å². The minimum atomic E-state index is -2.80. The summed E-state index contributed by atoms with van der Waals surface area (Å²) in [5.74, 6) is 0.231. The molecule has 0 unspecified atom stereocenters. The topological polar surface area (TPSA) is 37.4 Å². The molecule has 0 spiro atoms. The molecule has 0 N–H and O–H groups in total. The molecule has 0 bridgehead atoms. The summed E-state index contributed by atoms with van der Waals surface area (Å²) in [5, 5.41) is 1.36. The van der Waals surface area contributed by atoms with E-state index < -0.39 is 9.84 Å². The zero-order valence-electron chi connectivity index (χ0n) is 6.87. The first-order valence-electron chi connectivity index (χ1n) is 3.77. The number of sulfone groups is 1. The van der Waals surface area contributed by atoms with Crippen LogP contribution >= 0.6 is 0 Å². The van der Waals surface area contributed by atoms with Crippen molar-refractivity contribution in [2.75, 3.05) is 18.8 Å². The van der Waals surface area contributed by atoms with E-state index in [-0.39, 0.29) is 5.75 Å². The highest BCUT2D eigenvalue weighted by atomic mass is 32.2. The fourth-order valence-electron chi connectivity index (χ4n) is 1.19. The van der Waals surface area contributed by atoms with Crippen LogP contribution in [0.1, 0.15) is 13.8 Å². The molecular formula is C7H13NO2S. The highest BCUT2D eigenvalue weighted by molar-refractivity contribution is 7.95. The van der Waals surface area contributed by atoms with Gasteiger partial charge in [0.1, 0.15) is 0 Å². The molecule has 0 aliphatic carbocycles. The summed E-state index contributed by atoms with van der Waals surface area (Å²) < 4.78 is 21.5. The maximum Gasteiger partial charge on any atom is 0.178 e. The first kappa shape index (κ1) is 8.59. The lowest BCUT2D eigenvalue weighted by Crippen LogP contribution is -2.32. The zero-order chi connectivity index (χ0) is 8.48. The van der Waals surface area contributed by atoms with Crippen LogP contribution in [0.15, 0.2) is 11.1 Å². The Morgan fingerprint density at radius 3 is 2.18 bits per heavy atom. The van der Waals surface area contributed by atoms with Crippen molar-refractivity contribution in [1.82, 2.24) is 4.90 Å². The fourth-order valence-corrected chi connectivity index (χ4v) is 2.30. The molecule has 0 radical (unpaired) electrons. The fraction of sp³-hybridized carbons (Fsp3) is 0.714. The van der Waals surface area contributed by atoms with Gasteiger partial charge in [0.15, 0.2) is 9.84 Å². The lowest BCUT2D eigenvalue weighted by Gasteiger charge is -2.28. The van der Waals surface area contributed by atoms with Crippen LogP contribution in [0, 0.1) is 0 Å². The maximum atomic E-state index is 10.7. The van der Waals surface area contributed by atoms with E-state index >= 15 is 0 Å². The van der Waals surface area contributed by atoms with Crippen LogP contribution in [-0.2, 0) is 9.84 Å². The van der Waals surface area contributed by atoms with Crippen LogP contribution in [0.25, 0.3) is 0 Å². The predicted molar refractivity (Wildman–Crippen MR) is 44.8 cm³/mol. The lowest BCUT2D eigenvalue weighted by atomic mass is 10.4. The molecule has 0 aromatic heterocycles. The van der Waals surface area contributed by atoms with Crippen LogP contribution in [0.3, 0.4) is 0 Å². The molecule has 11 heavy (non-hydrogen) atoms. The van der Waals surface area contributed by atoms with Gasteiger partial charge in [-0.1, -0.05) is 0 Å². The summed E-state index contributed by atoms with van der Waals surface area (Å²) in [6, 6.07) is 0. The number of nitrogens with zero attached hydrogens (tertiary/aromatic N) is 1. The number of hydrogen-bond acceptors (Lipinski definition) is 3. The average Bonchev–Trinajstić information content (AvgIpc) is 1.86. The monoisotopic (exact) mass is 175 g/mol. The summed E-state index contributed by atoms with van der Waals surface area (Å²) in [6.45, 7) is 5.82. The molecule has 0 atom stereocenters. The molecule has 1 aliphatic heterocycles. The molecule has 0 fully saturated rings. The van der Waals surface area contributed by atoms with Gasteiger partial charge in [-0.25, -0.2) is 8.42 Å². The van der Waals surface area contributed by atoms with Gasteiger partial charge in [0.05, 0.1) is 11.2 Å². The first-order chi connectivity index (χ1) is 5.09. The summed E-state index contributed by atoms with van der Waals surface area (Å²) in [4.78, 5) is 2.06. The van der Waals surface area contributed by atoms with Gasteiger partial charge < -0.3 is 4.90 Å². The van der Waals surface area contributed by atoms with E-state index in [2.05, 4.69) is 4.90 Å². The van der Waals surface area contributed by atoms with E-state index in [9.17, 15) is 8.42 Å². The van der Waals surface area contributed by atoms with E-state index in [1.807, 2.05) is 13.8 Å². The largest absolute Gasteiger partial charge is 0.374 e. The second kappa shape index (κ2) is 2.85. The van der Waals surface area contributed by atoms with E-state index in [1.54, 1.807) is 0 Å². The third-order valence-electron chi connectivity index (χ3n) is 1.83. The highest BCUT2D eigenvalue weighted by Gasteiger charge is 2.25. The summed E-state index contributed by atoms with van der Waals surface area (Å²) in [7, 11) is -2.80. The SMILES string of the molecule is CCN(CC)C1=CS(=O)(=O)C1. The zero-order valence-corrected chi connectivity index (χ0v) is 7.69. The Hall–Kier alpha value is -0.510. The molecule has 1 rings (SSSR count). The van der Waals surface area contributed by atoms with Crippen molar-refractivity contribution >= 4 is 9.84 Å². The lowest BCUT2D eigenvalue weighted by molar-refractivity contribution is 0.380. The molecule has 0 aromatic carbocycles. The smallest absolute Gasteiger partial charge is 0.178 e. The van der Waals surface area contributed by atoms with Crippen molar-refractivity contribution in [2.45, 2.75) is 13.8 Å². The normalized spacial score (nSPS) is 20.4. The Balaban J connectivity index is 2.66. The van der Waals surface area contributed by atoms with Gasteiger partial charge >= 0.3 is 0 Å². The number of rotatable bonds is 3. The summed E-state index contributed by atoms with van der Waals surface area (Å²) in [6.07, 6.45) is 0. The van der Waals surface area contributed by atoms with Gasteiger partial charge in [-0.2, -0.15) is 0 Å². The Kier molecular flexibility index (Phi) is 2.23. The predicted octanol–water partition coefficient (Wildman–Crippen LogP) is 0.598. The first-order valence-corrected chi connectivity index (χ1v) is 5.49. The third-order valence-corrected chi connectivity index (χ3v) is 3.16. The van der Waals surface area contributed by atoms with Crippen LogP contribution in [-0.4, -0.2) is 32.2 Å². The highest BCUT2D eigenvalue weighted by Crippen LogP contribution is 2.19. The van der Waals surface area contributed by atoms with Gasteiger partial charge in [-0.05, 0) is 13.8 Å². The van der Waals surface area contributed by atoms with Crippen molar-refractivity contribution in [3.8, 4) is 0 Å². The maximum absolute atomic E-state index is 10.7. The van der Waals surface area contributed by atoms with Crippen molar-refractivity contribution in [2.24, 2.45) is 0 Å². The molecule has 4 heteroatoms. The van der Waals surface area contributed by atoms with E-state index in [4.69, 9.17) is 0 Å². The Bertz CT molecular complexity index is 262. The van der Waals surface area contributed by atoms with Crippen LogP contribution in [0.5, 0.6) is 0 Å². The molecule has 3 nitrogen and oxygen atoms in total. The quantitative estimate of drug-likeness (QED) is 0.630. The second-order valence-electron chi connectivity index (χ2n) is 2.59. The van der Waals surface area contributed by atoms with Crippen molar-refractivity contribution in [3.05, 3.63) is 11.1 Å². The molecule has 1 aliphatic rings. The van der Waals surface area contributed by atoms with E-state index in [1.165, 1.54) is 5.41 Å². The molecule has 0 saturated carbocycles.